The lowest BCUT2D eigenvalue weighted by atomic mass is 9.93. The van der Waals surface area contributed by atoms with E-state index in [1.54, 1.807) is 10.4 Å². The molecule has 0 aromatic carbocycles. The summed E-state index contributed by atoms with van der Waals surface area (Å²) in [6, 6.07) is 3.06. The molecule has 1 heterocycles. The number of hydrogen-bond donors (Lipinski definition) is 1. The molecule has 0 amide bonds. The first-order valence-electron chi connectivity index (χ1n) is 7.34. The number of thiophene rings is 1. The Morgan fingerprint density at radius 2 is 2.06 bits per heavy atom. The average Bonchev–Trinajstić information content (AvgIpc) is 2.97. The number of fused-ring (bicyclic) bond motifs is 1. The zero-order valence-electron chi connectivity index (χ0n) is 10.9. The van der Waals surface area contributed by atoms with Gasteiger partial charge in [0.25, 0.3) is 0 Å². The van der Waals surface area contributed by atoms with Gasteiger partial charge in [-0.2, -0.15) is 0 Å². The Labute approximate surface area is 128 Å². The molecule has 1 nitrogen and oxygen atoms in total. The summed E-state index contributed by atoms with van der Waals surface area (Å²) >= 11 is 4.47. The number of halogens is 1. The Bertz CT molecular complexity index is 395. The van der Waals surface area contributed by atoms with E-state index in [1.807, 2.05) is 11.3 Å². The van der Waals surface area contributed by atoms with Crippen LogP contribution in [-0.4, -0.2) is 6.54 Å². The van der Waals surface area contributed by atoms with E-state index in [2.05, 4.69) is 34.0 Å². The summed E-state index contributed by atoms with van der Waals surface area (Å²) in [5, 5.41) is 3.82. The number of aryl methyl sites for hydroxylation is 1. The van der Waals surface area contributed by atoms with Gasteiger partial charge in [0.05, 0.1) is 2.88 Å². The van der Waals surface area contributed by atoms with Crippen LogP contribution in [0.15, 0.2) is 6.07 Å². The van der Waals surface area contributed by atoms with E-state index in [0.29, 0.717) is 6.04 Å². The van der Waals surface area contributed by atoms with Crippen LogP contribution in [-0.2, 0) is 6.42 Å². The third kappa shape index (κ3) is 3.10. The summed E-state index contributed by atoms with van der Waals surface area (Å²) in [6.45, 7) is 1.22. The van der Waals surface area contributed by atoms with Gasteiger partial charge in [0, 0.05) is 10.9 Å². The molecule has 3 heteroatoms. The maximum absolute atomic E-state index is 3.82. The van der Waals surface area contributed by atoms with Crippen molar-refractivity contribution in [2.75, 3.05) is 6.54 Å². The van der Waals surface area contributed by atoms with Crippen molar-refractivity contribution in [3.8, 4) is 0 Å². The molecule has 1 fully saturated rings. The highest BCUT2D eigenvalue weighted by Gasteiger charge is 2.22. The second-order valence-corrected chi connectivity index (χ2v) is 8.80. The Morgan fingerprint density at radius 1 is 1.22 bits per heavy atom. The molecular weight excluding hydrogens is 353 g/mol. The zero-order valence-corrected chi connectivity index (χ0v) is 13.9. The fourth-order valence-corrected chi connectivity index (χ4v) is 5.61. The highest BCUT2D eigenvalue weighted by atomic mass is 127. The van der Waals surface area contributed by atoms with E-state index in [9.17, 15) is 0 Å². The van der Waals surface area contributed by atoms with E-state index in [1.165, 1.54) is 60.8 Å². The topological polar surface area (TPSA) is 12.0 Å². The van der Waals surface area contributed by atoms with Crippen molar-refractivity contribution < 1.29 is 0 Å². The van der Waals surface area contributed by atoms with Crippen molar-refractivity contribution in [3.63, 3.8) is 0 Å². The van der Waals surface area contributed by atoms with Crippen molar-refractivity contribution in [2.24, 2.45) is 5.92 Å². The van der Waals surface area contributed by atoms with Gasteiger partial charge in [-0.25, -0.2) is 0 Å². The molecule has 100 valence electrons. The van der Waals surface area contributed by atoms with Crippen LogP contribution in [0.5, 0.6) is 0 Å². The summed E-state index contributed by atoms with van der Waals surface area (Å²) < 4.78 is 1.46. The number of hydrogen-bond acceptors (Lipinski definition) is 2. The van der Waals surface area contributed by atoms with Crippen molar-refractivity contribution in [3.05, 3.63) is 19.4 Å². The lowest BCUT2D eigenvalue weighted by Crippen LogP contribution is -2.26. The van der Waals surface area contributed by atoms with E-state index >= 15 is 0 Å². The normalized spacial score (nSPS) is 24.4. The molecule has 2 aliphatic rings. The Hall–Kier alpha value is 0.390. The molecule has 18 heavy (non-hydrogen) atoms. The molecule has 1 atom stereocenters. The second kappa shape index (κ2) is 6.23. The first-order chi connectivity index (χ1) is 8.83. The molecule has 1 N–H and O–H groups in total. The van der Waals surface area contributed by atoms with Crippen LogP contribution < -0.4 is 5.32 Å². The highest BCUT2D eigenvalue weighted by molar-refractivity contribution is 14.1. The Balaban J connectivity index is 1.53. The minimum atomic E-state index is 0.648. The largest absolute Gasteiger partial charge is 0.310 e. The SMILES string of the molecule is Ic1cc2c(s1)CCCC2NCCC1CCCC1. The highest BCUT2D eigenvalue weighted by Crippen LogP contribution is 2.36. The smallest absolute Gasteiger partial charge is 0.0659 e. The van der Waals surface area contributed by atoms with Crippen LogP contribution in [0.2, 0.25) is 0 Å². The van der Waals surface area contributed by atoms with Crippen LogP contribution in [0.3, 0.4) is 0 Å². The summed E-state index contributed by atoms with van der Waals surface area (Å²) in [5.41, 5.74) is 1.61. The first-order valence-corrected chi connectivity index (χ1v) is 9.24. The van der Waals surface area contributed by atoms with E-state index in [0.717, 1.165) is 5.92 Å². The van der Waals surface area contributed by atoms with Gasteiger partial charge in [0.15, 0.2) is 0 Å². The van der Waals surface area contributed by atoms with Crippen molar-refractivity contribution in [1.82, 2.24) is 5.32 Å². The Morgan fingerprint density at radius 3 is 2.89 bits per heavy atom. The molecular formula is C15H22INS. The maximum atomic E-state index is 3.82. The van der Waals surface area contributed by atoms with Crippen molar-refractivity contribution >= 4 is 33.9 Å². The van der Waals surface area contributed by atoms with Crippen LogP contribution in [0.1, 0.15) is 61.4 Å². The summed E-state index contributed by atoms with van der Waals surface area (Å²) in [6.07, 6.45) is 11.3. The molecule has 1 unspecified atom stereocenters. The monoisotopic (exact) mass is 375 g/mol. The van der Waals surface area contributed by atoms with Crippen molar-refractivity contribution in [2.45, 2.75) is 57.4 Å². The Kier molecular flexibility index (Phi) is 4.63. The minimum absolute atomic E-state index is 0.648. The van der Waals surface area contributed by atoms with Gasteiger partial charge >= 0.3 is 0 Å². The second-order valence-electron chi connectivity index (χ2n) is 5.77. The van der Waals surface area contributed by atoms with Gasteiger partial charge in [0.1, 0.15) is 0 Å². The molecule has 0 spiro atoms. The quantitative estimate of drug-likeness (QED) is 0.738. The van der Waals surface area contributed by atoms with Gasteiger partial charge in [-0.3, -0.25) is 0 Å². The third-order valence-corrected chi connectivity index (χ3v) is 6.47. The van der Waals surface area contributed by atoms with E-state index in [-0.39, 0.29) is 0 Å². The van der Waals surface area contributed by atoms with Gasteiger partial charge < -0.3 is 5.32 Å². The summed E-state index contributed by atoms with van der Waals surface area (Å²) in [4.78, 5) is 1.64. The van der Waals surface area contributed by atoms with E-state index in [4.69, 9.17) is 0 Å². The van der Waals surface area contributed by atoms with Crippen LogP contribution >= 0.6 is 33.9 Å². The molecule has 2 aliphatic carbocycles. The summed E-state index contributed by atoms with van der Waals surface area (Å²) in [5.74, 6) is 1.02. The van der Waals surface area contributed by atoms with E-state index < -0.39 is 0 Å². The van der Waals surface area contributed by atoms with Crippen LogP contribution in [0.4, 0.5) is 0 Å². The molecule has 0 radical (unpaired) electrons. The lowest BCUT2D eigenvalue weighted by Gasteiger charge is -2.24. The molecule has 0 saturated heterocycles. The maximum Gasteiger partial charge on any atom is 0.0659 e. The molecule has 0 bridgehead atoms. The van der Waals surface area contributed by atoms with Gasteiger partial charge in [-0.1, -0.05) is 25.7 Å². The lowest BCUT2D eigenvalue weighted by molar-refractivity contribution is 0.416. The first kappa shape index (κ1) is 13.4. The van der Waals surface area contributed by atoms with Gasteiger partial charge in [-0.05, 0) is 72.4 Å². The standard InChI is InChI=1S/C15H22INS/c16-15-10-12-13(6-3-7-14(12)18-15)17-9-8-11-4-1-2-5-11/h10-11,13,17H,1-9H2. The average molecular weight is 375 g/mol. The predicted molar refractivity (Wildman–Crippen MR) is 87.3 cm³/mol. The van der Waals surface area contributed by atoms with Crippen LogP contribution in [0, 0.1) is 8.80 Å². The van der Waals surface area contributed by atoms with Gasteiger partial charge in [0.2, 0.25) is 0 Å². The van der Waals surface area contributed by atoms with Gasteiger partial charge in [-0.15, -0.1) is 11.3 Å². The van der Waals surface area contributed by atoms with Crippen molar-refractivity contribution in [1.29, 1.82) is 0 Å². The molecule has 1 aromatic heterocycles. The predicted octanol–water partition coefficient (Wildman–Crippen LogP) is 4.90. The fourth-order valence-electron chi connectivity index (χ4n) is 3.49. The number of nitrogens with one attached hydrogen (secondary N) is 1. The fraction of sp³-hybridized carbons (Fsp3) is 0.733. The summed E-state index contributed by atoms with van der Waals surface area (Å²) in [7, 11) is 0. The molecule has 3 rings (SSSR count). The number of rotatable bonds is 4. The minimum Gasteiger partial charge on any atom is -0.310 e. The molecule has 0 aliphatic heterocycles. The zero-order chi connectivity index (χ0) is 12.4. The molecule has 1 aromatic rings. The molecule has 1 saturated carbocycles. The third-order valence-electron chi connectivity index (χ3n) is 4.50. The van der Waals surface area contributed by atoms with Crippen LogP contribution in [0.25, 0.3) is 0 Å².